The van der Waals surface area contributed by atoms with Gasteiger partial charge < -0.3 is 50.3 Å². The standard InChI is InChI=1S/C19H16ClN3O4S.C18H14ClN3O4S.2C16H14N4O4S2.C15H12N4O4S2/c1-10(2)27-19(26)23-17(25)14-6-8-28-18(14)22-16(24)13-5-7-21-15-9-11(20)3-4-12(13)15;1-2-26-18(25)22-16(24)13-6-8-27-17(13)21-15(23)12-5-7-20-14-9-10(19)3-4-11(12)14;1-8(2)24-16(23)18-14(22)10-5-6-25-15(10)17-13(21)9-3-4-11-12(7-9)20-26-19-11;1-3-24-16(23)20-12(21)9-7-8(2)25-14(9)19-13(22)15-18-11-10(26-15)5-4-6-17-11;1-2-23-15(22)17-13(21)9-5-6-24-14(9)16-12(20)8-3-4-10-11(7-8)19-25-18-10/h3-10H,1-2H3,(H,22,24)(H,23,25,26);3-9H,2H2,1H3,(H,21,23)(H,22,24,25);3-8H,1-2H3,(H,17,21)(H,18,22,23);4-7H,3H2,1-2H3,(H,19,22)(H,20,21,23);3-7H,2H2,1H3,(H,16,20)(H,17,21,22). The van der Waals surface area contributed by atoms with Crippen molar-refractivity contribution in [1.29, 1.82) is 0 Å². The van der Waals surface area contributed by atoms with Crippen molar-refractivity contribution >= 4 is 283 Å². The van der Waals surface area contributed by atoms with Crippen molar-refractivity contribution in [3.63, 3.8) is 0 Å². The van der Waals surface area contributed by atoms with Crippen LogP contribution in [0, 0.1) is 6.92 Å². The molecule has 4 aromatic carbocycles. The molecule has 0 aliphatic rings. The van der Waals surface area contributed by atoms with E-state index in [0.717, 1.165) is 33.0 Å². The molecule has 0 aliphatic carbocycles. The SMILES string of the molecule is CC(C)OC(=O)NC(=O)c1ccsc1NC(=O)c1ccc2nsnc2c1.CC(C)OC(=O)NC(=O)c1ccsc1NC(=O)c1ccnc2cc(Cl)ccc12.CCOC(=O)NC(=O)c1cc(C)sc1NC(=O)c1nc2ncccc2s1.CCOC(=O)NC(=O)c1ccsc1NC(=O)c1ccc2nsnc2c1.CCOC(=O)NC(=O)c1ccsc1NC(=O)c1ccnc2cc(Cl)ccc12. The van der Waals surface area contributed by atoms with E-state index in [-0.39, 0.29) is 76.7 Å². The predicted octanol–water partition coefficient (Wildman–Crippen LogP) is 17.9. The van der Waals surface area contributed by atoms with E-state index in [1.54, 1.807) is 180 Å². The number of nitrogens with one attached hydrogen (secondary N) is 10. The third-order valence-corrected chi connectivity index (χ3v) is 23.6. The first kappa shape index (κ1) is 98.1. The summed E-state index contributed by atoms with van der Waals surface area (Å²) in [6.45, 7) is 13.8. The molecule has 678 valence electrons. The number of thiazole rings is 1. The summed E-state index contributed by atoms with van der Waals surface area (Å²) in [5.74, 6) is -5.28. The number of ether oxygens (including phenoxy) is 5. The van der Waals surface area contributed by atoms with Gasteiger partial charge in [0.25, 0.3) is 59.1 Å². The van der Waals surface area contributed by atoms with Gasteiger partial charge in [-0.2, -0.15) is 17.5 Å². The van der Waals surface area contributed by atoms with E-state index in [9.17, 15) is 71.9 Å². The molecular formula is C84H70Cl2N18O20S8. The van der Waals surface area contributed by atoms with Crippen molar-refractivity contribution in [2.75, 3.05) is 46.4 Å². The van der Waals surface area contributed by atoms with E-state index in [1.165, 1.54) is 105 Å². The minimum Gasteiger partial charge on any atom is -0.450 e. The number of aryl methyl sites for hydroxylation is 1. The van der Waals surface area contributed by atoms with E-state index < -0.39 is 77.7 Å². The van der Waals surface area contributed by atoms with Gasteiger partial charge >= 0.3 is 30.5 Å². The van der Waals surface area contributed by atoms with Crippen molar-refractivity contribution in [2.24, 2.45) is 0 Å². The maximum absolute atomic E-state index is 12.8. The molecule has 0 atom stereocenters. The van der Waals surface area contributed by atoms with E-state index in [0.29, 0.717) is 107 Å². The second-order valence-electron chi connectivity index (χ2n) is 26.7. The smallest absolute Gasteiger partial charge is 0.414 e. The Hall–Kier alpha value is -14.5. The van der Waals surface area contributed by atoms with Crippen LogP contribution in [0.3, 0.4) is 0 Å². The number of amides is 15. The number of carbonyl (C=O) groups excluding carboxylic acids is 15. The monoisotopic (exact) mass is 1980 g/mol. The van der Waals surface area contributed by atoms with Crippen molar-refractivity contribution in [2.45, 2.75) is 67.6 Å². The molecule has 48 heteroatoms. The highest BCUT2D eigenvalue weighted by Gasteiger charge is 2.27. The number of fused-ring (bicyclic) bond motifs is 5. The summed E-state index contributed by atoms with van der Waals surface area (Å²) in [4.78, 5) is 199. The van der Waals surface area contributed by atoms with Crippen LogP contribution in [0.1, 0.15) is 156 Å². The number of rotatable bonds is 20. The number of carbonyl (C=O) groups is 15. The predicted molar refractivity (Wildman–Crippen MR) is 503 cm³/mol. The molecule has 0 saturated heterocycles. The second kappa shape index (κ2) is 46.7. The molecule has 15 aromatic rings. The highest BCUT2D eigenvalue weighted by Crippen LogP contribution is 2.33. The molecule has 10 N–H and O–H groups in total. The molecule has 0 radical (unpaired) electrons. The zero-order valence-electron chi connectivity index (χ0n) is 69.7. The number of halogens is 2. The fraction of sp³-hybridized carbons (Fsp3) is 0.155. The van der Waals surface area contributed by atoms with Crippen LogP contribution in [-0.2, 0) is 23.7 Å². The highest BCUT2D eigenvalue weighted by atomic mass is 35.5. The number of hydrogen-bond donors (Lipinski definition) is 10. The number of pyridine rings is 3. The van der Waals surface area contributed by atoms with E-state index >= 15 is 0 Å². The first-order valence-corrected chi connectivity index (χ1v) is 45.9. The Bertz CT molecular complexity index is 6870. The lowest BCUT2D eigenvalue weighted by atomic mass is 10.1. The number of imide groups is 5. The third-order valence-electron chi connectivity index (χ3n) is 16.8. The Balaban J connectivity index is 0.000000159. The van der Waals surface area contributed by atoms with Gasteiger partial charge in [0.2, 0.25) is 0 Å². The van der Waals surface area contributed by atoms with Crippen LogP contribution < -0.4 is 53.2 Å². The fourth-order valence-corrected chi connectivity index (χ4v) is 17.3. The highest BCUT2D eigenvalue weighted by molar-refractivity contribution is 7.20. The van der Waals surface area contributed by atoms with Gasteiger partial charge in [-0.25, -0.2) is 33.9 Å². The van der Waals surface area contributed by atoms with Crippen LogP contribution in [0.4, 0.5) is 49.0 Å². The largest absolute Gasteiger partial charge is 0.450 e. The molecule has 0 saturated carbocycles. The molecule has 0 unspecified atom stereocenters. The number of alkyl carbamates (subject to hydrolysis) is 5. The zero-order chi connectivity index (χ0) is 94.8. The third kappa shape index (κ3) is 26.8. The summed E-state index contributed by atoms with van der Waals surface area (Å²) in [6.07, 6.45) is -0.285. The second-order valence-corrected chi connectivity index (χ2v) is 34.6. The van der Waals surface area contributed by atoms with Gasteiger partial charge in [-0.1, -0.05) is 35.3 Å². The van der Waals surface area contributed by atoms with Crippen molar-refractivity contribution in [3.8, 4) is 0 Å². The summed E-state index contributed by atoms with van der Waals surface area (Å²) in [5, 5.41) is 34.8. The number of anilines is 5. The molecule has 15 amide bonds. The molecule has 11 heterocycles. The lowest BCUT2D eigenvalue weighted by Gasteiger charge is -2.10. The number of benzene rings is 4. The van der Waals surface area contributed by atoms with Gasteiger partial charge in [0, 0.05) is 55.4 Å². The Morgan fingerprint density at radius 2 is 0.720 bits per heavy atom. The molecular weight excluding hydrogens is 1910 g/mol. The molecule has 132 heavy (non-hydrogen) atoms. The summed E-state index contributed by atoms with van der Waals surface area (Å²) in [6, 6.07) is 34.4. The first-order chi connectivity index (χ1) is 63.3. The molecule has 0 fully saturated rings. The molecule has 0 spiro atoms. The van der Waals surface area contributed by atoms with E-state index in [2.05, 4.69) is 100 Å². The van der Waals surface area contributed by atoms with Gasteiger partial charge in [-0.3, -0.25) is 84.5 Å². The zero-order valence-corrected chi connectivity index (χ0v) is 77.8. The van der Waals surface area contributed by atoms with E-state index in [1.807, 2.05) is 6.07 Å². The Kier molecular flexibility index (Phi) is 34.7. The molecule has 0 aliphatic heterocycles. The van der Waals surface area contributed by atoms with Gasteiger partial charge in [-0.15, -0.1) is 68.0 Å². The molecule has 11 aromatic heterocycles. The quantitative estimate of drug-likeness (QED) is 0.0317. The van der Waals surface area contributed by atoms with Crippen LogP contribution in [0.15, 0.2) is 168 Å². The fourth-order valence-electron chi connectivity index (χ4n) is 11.1. The first-order valence-electron chi connectivity index (χ1n) is 38.5. The average Bonchev–Trinajstić information content (AvgIpc) is 1.21. The van der Waals surface area contributed by atoms with Crippen molar-refractivity contribution in [1.82, 2.24) is 64.0 Å². The molecule has 0 bridgehead atoms. The lowest BCUT2D eigenvalue weighted by Crippen LogP contribution is -2.33. The number of nitrogens with zero attached hydrogens (tertiary/aromatic N) is 8. The topological polar surface area (TPSA) is 526 Å². The summed E-state index contributed by atoms with van der Waals surface area (Å²) in [7, 11) is 0. The Morgan fingerprint density at radius 1 is 0.348 bits per heavy atom. The number of aromatic nitrogens is 8. The Labute approximate surface area is 788 Å². The van der Waals surface area contributed by atoms with Gasteiger partial charge in [0.1, 0.15) is 47.1 Å². The Morgan fingerprint density at radius 3 is 1.11 bits per heavy atom. The van der Waals surface area contributed by atoms with Crippen LogP contribution >= 0.6 is 115 Å². The maximum atomic E-state index is 12.8. The lowest BCUT2D eigenvalue weighted by molar-refractivity contribution is 0.0860. The minimum atomic E-state index is -0.847. The van der Waals surface area contributed by atoms with Crippen LogP contribution in [0.2, 0.25) is 10.0 Å². The van der Waals surface area contributed by atoms with Crippen LogP contribution in [-0.4, -0.2) is 159 Å². The summed E-state index contributed by atoms with van der Waals surface area (Å²) >= 11 is 21.2. The maximum Gasteiger partial charge on any atom is 0.414 e. The van der Waals surface area contributed by atoms with Gasteiger partial charge in [0.05, 0.1) is 110 Å². The average molecular weight is 1980 g/mol. The van der Waals surface area contributed by atoms with Crippen LogP contribution in [0.5, 0.6) is 0 Å². The van der Waals surface area contributed by atoms with E-state index in [4.69, 9.17) is 37.4 Å². The molecule has 38 nitrogen and oxygen atoms in total. The number of hydrogen-bond acceptors (Lipinski definition) is 36. The summed E-state index contributed by atoms with van der Waals surface area (Å²) < 4.78 is 41.0. The summed E-state index contributed by atoms with van der Waals surface area (Å²) in [5.41, 5.74) is 6.80. The van der Waals surface area contributed by atoms with Gasteiger partial charge in [-0.05, 0) is 192 Å². The van der Waals surface area contributed by atoms with Crippen molar-refractivity contribution in [3.05, 3.63) is 238 Å². The normalized spacial score (nSPS) is 10.6. The van der Waals surface area contributed by atoms with Crippen molar-refractivity contribution < 1.29 is 95.6 Å². The van der Waals surface area contributed by atoms with Crippen LogP contribution in [0.25, 0.3) is 54.2 Å². The number of thiophene rings is 5. The minimum absolute atomic E-state index is 0.144. The van der Waals surface area contributed by atoms with Gasteiger partial charge in [0.15, 0.2) is 10.7 Å². The molecule has 15 rings (SSSR count).